The van der Waals surface area contributed by atoms with Crippen LogP contribution in [-0.2, 0) is 6.61 Å². The topological polar surface area (TPSA) is 39.2 Å². The third-order valence-electron chi connectivity index (χ3n) is 2.40. The monoisotopic (exact) mass is 227 g/mol. The Bertz CT molecular complexity index is 509. The van der Waals surface area contributed by atoms with Crippen LogP contribution in [0, 0.1) is 0 Å². The molecule has 0 fully saturated rings. The molecule has 0 bridgehead atoms. The van der Waals surface area contributed by atoms with Gasteiger partial charge in [-0.25, -0.2) is 0 Å². The van der Waals surface area contributed by atoms with Crippen molar-refractivity contribution < 1.29 is 9.53 Å². The number of hydrogen-bond donors (Lipinski definition) is 0. The lowest BCUT2D eigenvalue weighted by Crippen LogP contribution is -1.97. The number of ether oxygens (including phenoxy) is 1. The summed E-state index contributed by atoms with van der Waals surface area (Å²) in [6, 6.07) is 11.0. The Kier molecular flexibility index (Phi) is 3.50. The molecule has 0 amide bonds. The van der Waals surface area contributed by atoms with Crippen LogP contribution in [0.25, 0.3) is 0 Å². The van der Waals surface area contributed by atoms with Gasteiger partial charge in [0, 0.05) is 18.0 Å². The van der Waals surface area contributed by atoms with Crippen LogP contribution in [-0.4, -0.2) is 10.8 Å². The third kappa shape index (κ3) is 3.14. The lowest BCUT2D eigenvalue weighted by molar-refractivity contribution is 0.101. The number of rotatable bonds is 4. The van der Waals surface area contributed by atoms with Crippen molar-refractivity contribution in [2.45, 2.75) is 13.5 Å². The second-order valence-electron chi connectivity index (χ2n) is 3.73. The number of Topliss-reactive ketones (excluding diaryl/α,β-unsaturated/α-hetero) is 1. The van der Waals surface area contributed by atoms with E-state index in [0.717, 1.165) is 5.56 Å². The van der Waals surface area contributed by atoms with Crippen molar-refractivity contribution in [2.24, 2.45) is 0 Å². The van der Waals surface area contributed by atoms with Crippen LogP contribution >= 0.6 is 0 Å². The molecule has 0 spiro atoms. The zero-order valence-corrected chi connectivity index (χ0v) is 9.59. The minimum absolute atomic E-state index is 0.0411. The lowest BCUT2D eigenvalue weighted by Gasteiger charge is -2.06. The SMILES string of the molecule is CC(=O)c1cccc(OCc2ccncc2)c1. The molecule has 0 atom stereocenters. The Morgan fingerprint density at radius 1 is 1.24 bits per heavy atom. The Labute approximate surface area is 100 Å². The average molecular weight is 227 g/mol. The van der Waals surface area contributed by atoms with Crippen LogP contribution < -0.4 is 4.74 Å². The first-order valence-corrected chi connectivity index (χ1v) is 5.38. The maximum absolute atomic E-state index is 11.2. The molecule has 0 saturated carbocycles. The fraction of sp³-hybridized carbons (Fsp3) is 0.143. The highest BCUT2D eigenvalue weighted by Crippen LogP contribution is 2.15. The Balaban J connectivity index is 2.04. The molecule has 0 saturated heterocycles. The van der Waals surface area contributed by atoms with Crippen LogP contribution in [0.2, 0.25) is 0 Å². The number of aromatic nitrogens is 1. The Hall–Kier alpha value is -2.16. The molecule has 0 N–H and O–H groups in total. The molecule has 86 valence electrons. The number of carbonyl (C=O) groups is 1. The standard InChI is InChI=1S/C14H13NO2/c1-11(16)13-3-2-4-14(9-13)17-10-12-5-7-15-8-6-12/h2-9H,10H2,1H3. The van der Waals surface area contributed by atoms with Crippen LogP contribution in [0.4, 0.5) is 0 Å². The molecule has 1 heterocycles. The molecule has 3 nitrogen and oxygen atoms in total. The molecule has 2 rings (SSSR count). The van der Waals surface area contributed by atoms with Crippen LogP contribution in [0.3, 0.4) is 0 Å². The van der Waals surface area contributed by atoms with E-state index in [1.165, 1.54) is 0 Å². The van der Waals surface area contributed by atoms with E-state index in [1.54, 1.807) is 31.5 Å². The number of nitrogens with zero attached hydrogens (tertiary/aromatic N) is 1. The van der Waals surface area contributed by atoms with E-state index in [2.05, 4.69) is 4.98 Å². The molecule has 1 aromatic carbocycles. The van der Waals surface area contributed by atoms with Gasteiger partial charge in [-0.1, -0.05) is 12.1 Å². The zero-order valence-electron chi connectivity index (χ0n) is 9.59. The summed E-state index contributed by atoms with van der Waals surface area (Å²) < 4.78 is 5.60. The normalized spacial score (nSPS) is 9.94. The van der Waals surface area contributed by atoms with Gasteiger partial charge in [-0.15, -0.1) is 0 Å². The number of pyridine rings is 1. The minimum Gasteiger partial charge on any atom is -0.489 e. The third-order valence-corrected chi connectivity index (χ3v) is 2.40. The molecule has 3 heteroatoms. The predicted molar refractivity (Wildman–Crippen MR) is 65.0 cm³/mol. The number of hydrogen-bond acceptors (Lipinski definition) is 3. The maximum atomic E-state index is 11.2. The molecule has 0 aliphatic carbocycles. The quantitative estimate of drug-likeness (QED) is 0.754. The van der Waals surface area contributed by atoms with E-state index in [1.807, 2.05) is 24.3 Å². The summed E-state index contributed by atoms with van der Waals surface area (Å²) in [5.41, 5.74) is 1.71. The Morgan fingerprint density at radius 2 is 2.00 bits per heavy atom. The summed E-state index contributed by atoms with van der Waals surface area (Å²) in [5, 5.41) is 0. The minimum atomic E-state index is 0.0411. The first kappa shape index (κ1) is 11.3. The van der Waals surface area contributed by atoms with Gasteiger partial charge in [0.05, 0.1) is 0 Å². The van der Waals surface area contributed by atoms with Crippen molar-refractivity contribution in [3.05, 3.63) is 59.9 Å². The predicted octanol–water partition coefficient (Wildman–Crippen LogP) is 2.86. The van der Waals surface area contributed by atoms with Crippen LogP contribution in [0.5, 0.6) is 5.75 Å². The maximum Gasteiger partial charge on any atom is 0.159 e. The summed E-state index contributed by atoms with van der Waals surface area (Å²) in [6.45, 7) is 2.02. The molecule has 17 heavy (non-hydrogen) atoms. The van der Waals surface area contributed by atoms with E-state index in [0.29, 0.717) is 17.9 Å². The van der Waals surface area contributed by atoms with Gasteiger partial charge in [-0.05, 0) is 36.8 Å². The first-order valence-electron chi connectivity index (χ1n) is 5.38. The number of benzene rings is 1. The lowest BCUT2D eigenvalue weighted by atomic mass is 10.1. The zero-order chi connectivity index (χ0) is 12.1. The average Bonchev–Trinajstić information content (AvgIpc) is 2.38. The van der Waals surface area contributed by atoms with E-state index in [4.69, 9.17) is 4.74 Å². The Morgan fingerprint density at radius 3 is 2.71 bits per heavy atom. The molecule has 0 aliphatic rings. The van der Waals surface area contributed by atoms with Crippen LogP contribution in [0.15, 0.2) is 48.8 Å². The van der Waals surface area contributed by atoms with Gasteiger partial charge < -0.3 is 4.74 Å². The van der Waals surface area contributed by atoms with Gasteiger partial charge in [-0.3, -0.25) is 9.78 Å². The molecular weight excluding hydrogens is 214 g/mol. The van der Waals surface area contributed by atoms with Crippen molar-refractivity contribution in [1.29, 1.82) is 0 Å². The van der Waals surface area contributed by atoms with Gasteiger partial charge in [0.15, 0.2) is 5.78 Å². The van der Waals surface area contributed by atoms with E-state index < -0.39 is 0 Å². The smallest absolute Gasteiger partial charge is 0.159 e. The van der Waals surface area contributed by atoms with Crippen molar-refractivity contribution in [3.63, 3.8) is 0 Å². The van der Waals surface area contributed by atoms with Gasteiger partial charge in [0.2, 0.25) is 0 Å². The highest BCUT2D eigenvalue weighted by atomic mass is 16.5. The summed E-state index contributed by atoms with van der Waals surface area (Å²) in [5.74, 6) is 0.744. The molecule has 0 unspecified atom stereocenters. The number of carbonyl (C=O) groups excluding carboxylic acids is 1. The van der Waals surface area contributed by atoms with Gasteiger partial charge in [0.1, 0.15) is 12.4 Å². The van der Waals surface area contributed by atoms with Crippen molar-refractivity contribution in [1.82, 2.24) is 4.98 Å². The number of ketones is 1. The van der Waals surface area contributed by atoms with Crippen LogP contribution in [0.1, 0.15) is 22.8 Å². The fourth-order valence-electron chi connectivity index (χ4n) is 1.45. The summed E-state index contributed by atoms with van der Waals surface area (Å²) in [4.78, 5) is 15.1. The highest BCUT2D eigenvalue weighted by molar-refractivity contribution is 5.94. The molecular formula is C14H13NO2. The molecule has 2 aromatic rings. The van der Waals surface area contributed by atoms with Gasteiger partial charge in [-0.2, -0.15) is 0 Å². The first-order chi connectivity index (χ1) is 8.25. The van der Waals surface area contributed by atoms with Crippen molar-refractivity contribution >= 4 is 5.78 Å². The summed E-state index contributed by atoms with van der Waals surface area (Å²) in [6.07, 6.45) is 3.45. The van der Waals surface area contributed by atoms with Crippen molar-refractivity contribution in [2.75, 3.05) is 0 Å². The summed E-state index contributed by atoms with van der Waals surface area (Å²) >= 11 is 0. The van der Waals surface area contributed by atoms with E-state index in [9.17, 15) is 4.79 Å². The van der Waals surface area contributed by atoms with Crippen molar-refractivity contribution in [3.8, 4) is 5.75 Å². The van der Waals surface area contributed by atoms with Gasteiger partial charge >= 0.3 is 0 Å². The largest absolute Gasteiger partial charge is 0.489 e. The second kappa shape index (κ2) is 5.25. The molecule has 1 aromatic heterocycles. The molecule has 0 radical (unpaired) electrons. The summed E-state index contributed by atoms with van der Waals surface area (Å²) in [7, 11) is 0. The highest BCUT2D eigenvalue weighted by Gasteiger charge is 2.01. The molecule has 0 aliphatic heterocycles. The van der Waals surface area contributed by atoms with E-state index in [-0.39, 0.29) is 5.78 Å². The van der Waals surface area contributed by atoms with Gasteiger partial charge in [0.25, 0.3) is 0 Å². The second-order valence-corrected chi connectivity index (χ2v) is 3.73. The fourth-order valence-corrected chi connectivity index (χ4v) is 1.45. The van der Waals surface area contributed by atoms with E-state index >= 15 is 0 Å².